The summed E-state index contributed by atoms with van der Waals surface area (Å²) in [6.45, 7) is 0.494. The lowest BCUT2D eigenvalue weighted by Crippen LogP contribution is -2.47. The monoisotopic (exact) mass is 577 g/mol. The lowest BCUT2D eigenvalue weighted by molar-refractivity contribution is -0.121. The number of thiazole rings is 1. The molecule has 0 radical (unpaired) electrons. The van der Waals surface area contributed by atoms with Gasteiger partial charge in [-0.1, -0.05) is 53.3 Å². The second-order valence-corrected chi connectivity index (χ2v) is 13.2. The zero-order valence-corrected chi connectivity index (χ0v) is 23.3. The Hall–Kier alpha value is -2.70. The van der Waals surface area contributed by atoms with Gasteiger partial charge in [0.25, 0.3) is 10.0 Å². The van der Waals surface area contributed by atoms with Gasteiger partial charge in [-0.05, 0) is 42.7 Å². The molecule has 2 aromatic heterocycles. The van der Waals surface area contributed by atoms with E-state index in [1.54, 1.807) is 37.3 Å². The molecule has 1 amide bonds. The molecule has 0 bridgehead atoms. The second kappa shape index (κ2) is 10.6. The minimum absolute atomic E-state index is 0.126. The van der Waals surface area contributed by atoms with Gasteiger partial charge in [0, 0.05) is 6.54 Å². The van der Waals surface area contributed by atoms with E-state index in [1.165, 1.54) is 21.7 Å². The molecule has 194 valence electrons. The molecule has 3 heterocycles. The Balaban J connectivity index is 1.57. The Bertz CT molecular complexity index is 1500. The molecule has 1 fully saturated rings. The number of hydrogen-bond donors (Lipinski definition) is 0. The smallest absolute Gasteiger partial charge is 0.253 e. The number of thiophene rings is 1. The number of anilines is 1. The Morgan fingerprint density at radius 1 is 1.08 bits per heavy atom. The lowest BCUT2D eigenvalue weighted by Gasteiger charge is -2.28. The molecular formula is C25H24ClN3O5S3. The Kier molecular flexibility index (Phi) is 7.42. The lowest BCUT2D eigenvalue weighted by atomic mass is 10.1. The van der Waals surface area contributed by atoms with Crippen LogP contribution in [0.25, 0.3) is 10.2 Å². The number of fused-ring (bicyclic) bond motifs is 1. The summed E-state index contributed by atoms with van der Waals surface area (Å²) in [7, 11) is -0.748. The van der Waals surface area contributed by atoms with Gasteiger partial charge in [-0.3, -0.25) is 9.69 Å². The van der Waals surface area contributed by atoms with Crippen LogP contribution in [0.3, 0.4) is 0 Å². The summed E-state index contributed by atoms with van der Waals surface area (Å²) in [4.78, 5) is 20.5. The van der Waals surface area contributed by atoms with Crippen molar-refractivity contribution in [2.24, 2.45) is 0 Å². The normalized spacial score (nSPS) is 16.2. The van der Waals surface area contributed by atoms with Gasteiger partial charge in [0.2, 0.25) is 5.91 Å². The van der Waals surface area contributed by atoms with E-state index >= 15 is 0 Å². The first-order valence-corrected chi connectivity index (χ1v) is 14.9. The molecule has 12 heteroatoms. The van der Waals surface area contributed by atoms with Gasteiger partial charge >= 0.3 is 0 Å². The van der Waals surface area contributed by atoms with E-state index in [1.807, 2.05) is 30.3 Å². The maximum atomic E-state index is 14.1. The van der Waals surface area contributed by atoms with E-state index in [4.69, 9.17) is 26.1 Å². The minimum Gasteiger partial charge on any atom is -0.495 e. The molecule has 1 aliphatic heterocycles. The van der Waals surface area contributed by atoms with Crippen molar-refractivity contribution in [3.05, 3.63) is 64.5 Å². The number of rotatable bonds is 8. The predicted octanol–water partition coefficient (Wildman–Crippen LogP) is 5.41. The Labute approximate surface area is 228 Å². The van der Waals surface area contributed by atoms with Crippen LogP contribution < -0.4 is 14.4 Å². The van der Waals surface area contributed by atoms with Crippen molar-refractivity contribution in [1.29, 1.82) is 0 Å². The zero-order valence-electron chi connectivity index (χ0n) is 20.1. The molecule has 1 atom stereocenters. The standard InChI is InChI=1S/C25H24ClN3O5S3/c1-33-18-10-11-19(34-2)23-22(18)27-25(36-23)28(15-16-7-4-3-5-8-16)24(30)17-9-6-14-29(17)37(31,32)21-13-12-20(26)35-21/h3-5,7-8,10-13,17H,6,9,14-15H2,1-2H3. The number of aromatic nitrogens is 1. The number of ether oxygens (including phenoxy) is 2. The molecule has 8 nitrogen and oxygen atoms in total. The van der Waals surface area contributed by atoms with Gasteiger partial charge in [0.1, 0.15) is 32.0 Å². The van der Waals surface area contributed by atoms with Crippen molar-refractivity contribution in [2.45, 2.75) is 29.6 Å². The maximum absolute atomic E-state index is 14.1. The first-order chi connectivity index (χ1) is 17.8. The molecular weight excluding hydrogens is 554 g/mol. The number of amides is 1. The number of nitrogens with zero attached hydrogens (tertiary/aromatic N) is 3. The molecule has 1 aliphatic rings. The molecule has 2 aromatic carbocycles. The number of hydrogen-bond acceptors (Lipinski definition) is 8. The summed E-state index contributed by atoms with van der Waals surface area (Å²) < 4.78 is 40.5. The molecule has 1 unspecified atom stereocenters. The molecule has 0 N–H and O–H groups in total. The highest BCUT2D eigenvalue weighted by atomic mass is 35.5. The van der Waals surface area contributed by atoms with Crippen molar-refractivity contribution in [3.8, 4) is 11.5 Å². The highest BCUT2D eigenvalue weighted by molar-refractivity contribution is 7.91. The van der Waals surface area contributed by atoms with Crippen LogP contribution in [-0.4, -0.2) is 50.4 Å². The SMILES string of the molecule is COc1ccc(OC)c2sc(N(Cc3ccccc3)C(=O)C3CCCN3S(=O)(=O)c3ccc(Cl)s3)nc12. The first-order valence-electron chi connectivity index (χ1n) is 11.5. The van der Waals surface area contributed by atoms with Gasteiger partial charge < -0.3 is 9.47 Å². The Morgan fingerprint density at radius 3 is 2.49 bits per heavy atom. The van der Waals surface area contributed by atoms with Crippen molar-refractivity contribution in [2.75, 3.05) is 25.7 Å². The van der Waals surface area contributed by atoms with Gasteiger partial charge in [-0.15, -0.1) is 11.3 Å². The highest BCUT2D eigenvalue weighted by Crippen LogP contribution is 2.41. The third-order valence-corrected chi connectivity index (χ3v) is 10.9. The zero-order chi connectivity index (χ0) is 26.2. The third-order valence-electron chi connectivity index (χ3n) is 6.18. The topological polar surface area (TPSA) is 89.0 Å². The number of carbonyl (C=O) groups is 1. The molecule has 1 saturated heterocycles. The van der Waals surface area contributed by atoms with Gasteiger partial charge in [0.15, 0.2) is 5.13 Å². The predicted molar refractivity (Wildman–Crippen MR) is 147 cm³/mol. The average molecular weight is 578 g/mol. The molecule has 4 aromatic rings. The summed E-state index contributed by atoms with van der Waals surface area (Å²) in [6.07, 6.45) is 0.995. The van der Waals surface area contributed by atoms with Gasteiger partial charge in [-0.2, -0.15) is 4.31 Å². The summed E-state index contributed by atoms with van der Waals surface area (Å²) in [5.74, 6) is 0.848. The quantitative estimate of drug-likeness (QED) is 0.278. The fraction of sp³-hybridized carbons (Fsp3) is 0.280. The van der Waals surface area contributed by atoms with Crippen molar-refractivity contribution < 1.29 is 22.7 Å². The number of carbonyl (C=O) groups excluding carboxylic acids is 1. The number of benzene rings is 2. The number of halogens is 1. The number of methoxy groups -OCH3 is 2. The van der Waals surface area contributed by atoms with Crippen molar-refractivity contribution >= 4 is 65.6 Å². The summed E-state index contributed by atoms with van der Waals surface area (Å²) in [6, 6.07) is 15.3. The van der Waals surface area contributed by atoms with E-state index in [0.29, 0.717) is 39.3 Å². The van der Waals surface area contributed by atoms with Crippen LogP contribution >= 0.6 is 34.3 Å². The van der Waals surface area contributed by atoms with Crippen molar-refractivity contribution in [3.63, 3.8) is 0 Å². The van der Waals surface area contributed by atoms with Crippen LogP contribution in [-0.2, 0) is 21.4 Å². The van der Waals surface area contributed by atoms with Crippen LogP contribution in [0.5, 0.6) is 11.5 Å². The molecule has 0 aliphatic carbocycles. The fourth-order valence-electron chi connectivity index (χ4n) is 4.40. The summed E-state index contributed by atoms with van der Waals surface area (Å²) in [5.41, 5.74) is 1.48. The average Bonchev–Trinajstić information content (AvgIpc) is 3.66. The van der Waals surface area contributed by atoms with E-state index in [0.717, 1.165) is 21.6 Å². The summed E-state index contributed by atoms with van der Waals surface area (Å²) in [5, 5.41) is 0.440. The largest absolute Gasteiger partial charge is 0.495 e. The van der Waals surface area contributed by atoms with E-state index in [2.05, 4.69) is 0 Å². The number of sulfonamides is 1. The molecule has 5 rings (SSSR count). The highest BCUT2D eigenvalue weighted by Gasteiger charge is 2.42. The fourth-order valence-corrected chi connectivity index (χ4v) is 8.74. The minimum atomic E-state index is -3.88. The Morgan fingerprint density at radius 2 is 1.81 bits per heavy atom. The van der Waals surface area contributed by atoms with Crippen LogP contribution in [0.4, 0.5) is 5.13 Å². The first kappa shape index (κ1) is 25.9. The molecule has 0 saturated carbocycles. The molecule has 37 heavy (non-hydrogen) atoms. The van der Waals surface area contributed by atoms with Gasteiger partial charge in [-0.25, -0.2) is 13.4 Å². The van der Waals surface area contributed by atoms with E-state index in [-0.39, 0.29) is 23.2 Å². The van der Waals surface area contributed by atoms with Crippen LogP contribution in [0.15, 0.2) is 58.8 Å². The van der Waals surface area contributed by atoms with E-state index in [9.17, 15) is 13.2 Å². The van der Waals surface area contributed by atoms with Gasteiger partial charge in [0.05, 0.1) is 25.1 Å². The second-order valence-electron chi connectivity index (χ2n) is 8.39. The maximum Gasteiger partial charge on any atom is 0.253 e. The van der Waals surface area contributed by atoms with Crippen molar-refractivity contribution in [1.82, 2.24) is 9.29 Å². The van der Waals surface area contributed by atoms with Crippen LogP contribution in [0, 0.1) is 0 Å². The van der Waals surface area contributed by atoms with Crippen LogP contribution in [0.1, 0.15) is 18.4 Å². The van der Waals surface area contributed by atoms with Crippen LogP contribution in [0.2, 0.25) is 4.34 Å². The summed E-state index contributed by atoms with van der Waals surface area (Å²) >= 11 is 8.31. The van der Waals surface area contributed by atoms with E-state index < -0.39 is 16.1 Å². The third kappa shape index (κ3) is 4.94. The molecule has 0 spiro atoms.